The van der Waals surface area contributed by atoms with E-state index >= 15 is 0 Å². The Morgan fingerprint density at radius 1 is 1.27 bits per heavy atom. The van der Waals surface area contributed by atoms with Crippen molar-refractivity contribution in [1.29, 1.82) is 0 Å². The van der Waals surface area contributed by atoms with E-state index in [2.05, 4.69) is 5.32 Å². The average molecular weight is 301 g/mol. The fraction of sp³-hybridized carbons (Fsp3) is 0. The summed E-state index contributed by atoms with van der Waals surface area (Å²) in [6, 6.07) is 8.49. The van der Waals surface area contributed by atoms with E-state index in [4.69, 9.17) is 10.2 Å². The third-order valence-electron chi connectivity index (χ3n) is 2.65. The van der Waals surface area contributed by atoms with Crippen LogP contribution >= 0.6 is 0 Å². The molecule has 1 aromatic carbocycles. The minimum absolute atomic E-state index is 0.00573. The van der Waals surface area contributed by atoms with Crippen molar-refractivity contribution in [3.05, 3.63) is 69.8 Å². The molecule has 22 heavy (non-hydrogen) atoms. The number of non-ortho nitro benzene ring substituents is 1. The molecule has 0 fully saturated rings. The van der Waals surface area contributed by atoms with Crippen molar-refractivity contribution >= 4 is 23.6 Å². The standard InChI is InChI=1S/C14H11N3O5/c15-13(18)11(16-14(19)12-5-2-6-22-12)8-9-3-1-4-10(7-9)17(20)21/h1-8H,(H2,15,18)(H,16,19)/b11-8-. The Kier molecular flexibility index (Phi) is 4.33. The summed E-state index contributed by atoms with van der Waals surface area (Å²) >= 11 is 0. The molecule has 0 aliphatic rings. The summed E-state index contributed by atoms with van der Waals surface area (Å²) in [4.78, 5) is 33.4. The Bertz CT molecular complexity index is 750. The number of nitro groups is 1. The molecule has 0 saturated carbocycles. The monoisotopic (exact) mass is 301 g/mol. The highest BCUT2D eigenvalue weighted by Crippen LogP contribution is 2.15. The van der Waals surface area contributed by atoms with Gasteiger partial charge in [-0.2, -0.15) is 0 Å². The first-order chi connectivity index (χ1) is 10.5. The summed E-state index contributed by atoms with van der Waals surface area (Å²) in [5, 5.41) is 13.0. The van der Waals surface area contributed by atoms with Crippen LogP contribution in [0.15, 0.2) is 52.8 Å². The lowest BCUT2D eigenvalue weighted by Gasteiger charge is -2.05. The van der Waals surface area contributed by atoms with Crippen LogP contribution in [0.2, 0.25) is 0 Å². The molecule has 2 rings (SSSR count). The largest absolute Gasteiger partial charge is 0.459 e. The Morgan fingerprint density at radius 2 is 2.05 bits per heavy atom. The van der Waals surface area contributed by atoms with E-state index in [1.54, 1.807) is 0 Å². The van der Waals surface area contributed by atoms with Gasteiger partial charge in [-0.05, 0) is 23.8 Å². The van der Waals surface area contributed by atoms with Crippen LogP contribution in [0.3, 0.4) is 0 Å². The molecule has 0 bridgehead atoms. The highest BCUT2D eigenvalue weighted by Gasteiger charge is 2.14. The van der Waals surface area contributed by atoms with Gasteiger partial charge in [-0.25, -0.2) is 0 Å². The topological polar surface area (TPSA) is 128 Å². The molecule has 0 aliphatic heterocycles. The van der Waals surface area contributed by atoms with Gasteiger partial charge in [0.05, 0.1) is 11.2 Å². The Balaban J connectivity index is 2.27. The number of hydrogen-bond donors (Lipinski definition) is 2. The first-order valence-electron chi connectivity index (χ1n) is 6.08. The molecule has 3 N–H and O–H groups in total. The lowest BCUT2D eigenvalue weighted by atomic mass is 10.1. The maximum absolute atomic E-state index is 11.8. The van der Waals surface area contributed by atoms with Gasteiger partial charge < -0.3 is 15.5 Å². The quantitative estimate of drug-likeness (QED) is 0.490. The van der Waals surface area contributed by atoms with Crippen molar-refractivity contribution in [2.45, 2.75) is 0 Å². The third kappa shape index (κ3) is 3.57. The number of carbonyl (C=O) groups excluding carboxylic acids is 2. The highest BCUT2D eigenvalue weighted by atomic mass is 16.6. The fourth-order valence-corrected chi connectivity index (χ4v) is 1.66. The predicted octanol–water partition coefficient (Wildman–Crippen LogP) is 1.44. The van der Waals surface area contributed by atoms with Gasteiger partial charge >= 0.3 is 0 Å². The average Bonchev–Trinajstić information content (AvgIpc) is 3.01. The van der Waals surface area contributed by atoms with Crippen molar-refractivity contribution in [1.82, 2.24) is 5.32 Å². The van der Waals surface area contributed by atoms with Crippen LogP contribution in [-0.2, 0) is 4.79 Å². The zero-order valence-electron chi connectivity index (χ0n) is 11.2. The number of nitrogens with one attached hydrogen (secondary N) is 1. The van der Waals surface area contributed by atoms with E-state index < -0.39 is 16.7 Å². The third-order valence-corrected chi connectivity index (χ3v) is 2.65. The predicted molar refractivity (Wildman–Crippen MR) is 76.4 cm³/mol. The maximum Gasteiger partial charge on any atom is 0.291 e. The van der Waals surface area contributed by atoms with Gasteiger partial charge in [0, 0.05) is 12.1 Å². The molecule has 1 aromatic heterocycles. The van der Waals surface area contributed by atoms with E-state index in [-0.39, 0.29) is 17.1 Å². The van der Waals surface area contributed by atoms with Crippen LogP contribution in [-0.4, -0.2) is 16.7 Å². The number of primary amides is 1. The molecular weight excluding hydrogens is 290 g/mol. The Morgan fingerprint density at radius 3 is 2.64 bits per heavy atom. The van der Waals surface area contributed by atoms with E-state index in [1.165, 1.54) is 48.7 Å². The summed E-state index contributed by atoms with van der Waals surface area (Å²) in [5.41, 5.74) is 5.20. The fourth-order valence-electron chi connectivity index (χ4n) is 1.66. The lowest BCUT2D eigenvalue weighted by Crippen LogP contribution is -2.30. The first-order valence-corrected chi connectivity index (χ1v) is 6.08. The SMILES string of the molecule is NC(=O)/C(=C/c1cccc([N+](=O)[O-])c1)NC(=O)c1ccco1. The van der Waals surface area contributed by atoms with Gasteiger partial charge in [0.15, 0.2) is 5.76 Å². The first kappa shape index (κ1) is 15.0. The van der Waals surface area contributed by atoms with Crippen LogP contribution in [0.1, 0.15) is 16.1 Å². The van der Waals surface area contributed by atoms with Gasteiger partial charge in [0.25, 0.3) is 17.5 Å². The lowest BCUT2D eigenvalue weighted by molar-refractivity contribution is -0.384. The number of rotatable bonds is 5. The number of nitrogens with two attached hydrogens (primary N) is 1. The molecule has 1 heterocycles. The molecule has 0 aliphatic carbocycles. The minimum Gasteiger partial charge on any atom is -0.459 e. The Labute approximate surface area is 124 Å². The molecule has 8 nitrogen and oxygen atoms in total. The Hall–Kier alpha value is -3.42. The van der Waals surface area contributed by atoms with Gasteiger partial charge in [-0.15, -0.1) is 0 Å². The zero-order valence-corrected chi connectivity index (χ0v) is 11.2. The van der Waals surface area contributed by atoms with Crippen molar-refractivity contribution < 1.29 is 18.9 Å². The van der Waals surface area contributed by atoms with Crippen molar-refractivity contribution in [2.75, 3.05) is 0 Å². The van der Waals surface area contributed by atoms with Gasteiger partial charge in [-0.1, -0.05) is 12.1 Å². The number of hydrogen-bond acceptors (Lipinski definition) is 5. The number of benzene rings is 1. The summed E-state index contributed by atoms with van der Waals surface area (Å²) in [6.45, 7) is 0. The summed E-state index contributed by atoms with van der Waals surface area (Å²) in [5.74, 6) is -1.53. The van der Waals surface area contributed by atoms with Crippen LogP contribution in [0.5, 0.6) is 0 Å². The van der Waals surface area contributed by atoms with Crippen LogP contribution in [0.25, 0.3) is 6.08 Å². The van der Waals surface area contributed by atoms with E-state index in [1.807, 2.05) is 0 Å². The number of carbonyl (C=O) groups is 2. The second-order valence-corrected chi connectivity index (χ2v) is 4.21. The van der Waals surface area contributed by atoms with Gasteiger partial charge in [0.2, 0.25) is 0 Å². The van der Waals surface area contributed by atoms with Gasteiger partial charge in [0.1, 0.15) is 5.70 Å². The normalized spacial score (nSPS) is 11.0. The summed E-state index contributed by atoms with van der Waals surface area (Å²) in [7, 11) is 0. The molecule has 0 atom stereocenters. The number of nitrogens with zero attached hydrogens (tertiary/aromatic N) is 1. The number of nitro benzene ring substituents is 1. The highest BCUT2D eigenvalue weighted by molar-refractivity contribution is 6.03. The van der Waals surface area contributed by atoms with E-state index in [0.717, 1.165) is 0 Å². The number of amides is 2. The molecule has 0 radical (unpaired) electrons. The van der Waals surface area contributed by atoms with Crippen molar-refractivity contribution in [3.8, 4) is 0 Å². The second kappa shape index (κ2) is 6.35. The second-order valence-electron chi connectivity index (χ2n) is 4.21. The van der Waals surface area contributed by atoms with Crippen molar-refractivity contribution in [2.24, 2.45) is 5.73 Å². The molecule has 0 unspecified atom stereocenters. The van der Waals surface area contributed by atoms with E-state index in [9.17, 15) is 19.7 Å². The molecule has 2 aromatic rings. The van der Waals surface area contributed by atoms with Gasteiger partial charge in [-0.3, -0.25) is 19.7 Å². The van der Waals surface area contributed by atoms with Crippen LogP contribution < -0.4 is 11.1 Å². The molecule has 112 valence electrons. The van der Waals surface area contributed by atoms with E-state index in [0.29, 0.717) is 5.56 Å². The zero-order chi connectivity index (χ0) is 16.1. The van der Waals surface area contributed by atoms with Crippen LogP contribution in [0.4, 0.5) is 5.69 Å². The molecule has 0 saturated heterocycles. The smallest absolute Gasteiger partial charge is 0.291 e. The molecule has 0 spiro atoms. The summed E-state index contributed by atoms with van der Waals surface area (Å²) in [6.07, 6.45) is 2.55. The van der Waals surface area contributed by atoms with Crippen LogP contribution in [0, 0.1) is 10.1 Å². The molecular formula is C14H11N3O5. The molecule has 8 heteroatoms. The minimum atomic E-state index is -0.883. The molecule has 2 amide bonds. The summed E-state index contributed by atoms with van der Waals surface area (Å²) < 4.78 is 4.90. The number of furan rings is 1. The van der Waals surface area contributed by atoms with Crippen molar-refractivity contribution in [3.63, 3.8) is 0 Å². The maximum atomic E-state index is 11.8.